The van der Waals surface area contributed by atoms with E-state index in [-0.39, 0.29) is 17.3 Å². The van der Waals surface area contributed by atoms with Crippen LogP contribution in [0.2, 0.25) is 0 Å². The minimum Gasteiger partial charge on any atom is -0.361 e. The smallest absolute Gasteiger partial charge is 0.261 e. The molecule has 1 aromatic carbocycles. The Morgan fingerprint density at radius 3 is 2.52 bits per heavy atom. The summed E-state index contributed by atoms with van der Waals surface area (Å²) in [5.41, 5.74) is 3.70. The predicted octanol–water partition coefficient (Wildman–Crippen LogP) is 3.35. The Morgan fingerprint density at radius 2 is 1.85 bits per heavy atom. The van der Waals surface area contributed by atoms with Crippen molar-refractivity contribution >= 4 is 10.0 Å². The lowest BCUT2D eigenvalue weighted by atomic mass is 10.2. The normalized spacial score (nSPS) is 14.6. The average molecular weight is 386 g/mol. The average Bonchev–Trinajstić information content (AvgIpc) is 3.27. The molecular formula is C19H22N4O3S. The van der Waals surface area contributed by atoms with Crippen LogP contribution >= 0.6 is 0 Å². The quantitative estimate of drug-likeness (QED) is 0.677. The monoisotopic (exact) mass is 386 g/mol. The maximum atomic E-state index is 13.0. The van der Waals surface area contributed by atoms with Gasteiger partial charge >= 0.3 is 0 Å². The number of sulfonamides is 1. The molecule has 7 nitrogen and oxygen atoms in total. The molecule has 142 valence electrons. The Labute approximate surface area is 158 Å². The molecule has 1 saturated carbocycles. The number of H-pyrrole nitrogens is 1. The van der Waals surface area contributed by atoms with Crippen molar-refractivity contribution in [1.82, 2.24) is 19.8 Å². The summed E-state index contributed by atoms with van der Waals surface area (Å²) >= 11 is 0. The van der Waals surface area contributed by atoms with Crippen LogP contribution in [0.1, 0.15) is 47.1 Å². The van der Waals surface area contributed by atoms with Gasteiger partial charge in [-0.1, -0.05) is 35.0 Å². The minimum atomic E-state index is -3.76. The molecule has 2 heterocycles. The number of nitrogens with zero attached hydrogens (tertiary/aromatic N) is 2. The minimum absolute atomic E-state index is 0.165. The van der Waals surface area contributed by atoms with E-state index in [4.69, 9.17) is 4.52 Å². The second-order valence-corrected chi connectivity index (χ2v) is 8.83. The molecule has 2 N–H and O–H groups in total. The second kappa shape index (κ2) is 6.61. The van der Waals surface area contributed by atoms with Gasteiger partial charge in [0.2, 0.25) is 10.0 Å². The first-order valence-corrected chi connectivity index (χ1v) is 10.4. The van der Waals surface area contributed by atoms with Crippen LogP contribution in [0.3, 0.4) is 0 Å². The zero-order valence-electron chi connectivity index (χ0n) is 15.5. The molecule has 0 amide bonds. The van der Waals surface area contributed by atoms with Crippen LogP contribution in [0.15, 0.2) is 33.7 Å². The van der Waals surface area contributed by atoms with Gasteiger partial charge in [0.15, 0.2) is 5.82 Å². The largest absolute Gasteiger partial charge is 0.361 e. The third-order valence-corrected chi connectivity index (χ3v) is 6.34. The summed E-state index contributed by atoms with van der Waals surface area (Å²) in [5.74, 6) is 1.23. The number of rotatable bonds is 6. The van der Waals surface area contributed by atoms with Gasteiger partial charge < -0.3 is 9.51 Å². The summed E-state index contributed by atoms with van der Waals surface area (Å²) in [6.45, 7) is 5.74. The van der Waals surface area contributed by atoms with Crippen molar-refractivity contribution in [2.24, 2.45) is 0 Å². The zero-order chi connectivity index (χ0) is 19.2. The molecule has 3 aromatic rings. The molecule has 0 bridgehead atoms. The van der Waals surface area contributed by atoms with Gasteiger partial charge in [0, 0.05) is 23.9 Å². The molecule has 0 spiro atoms. The van der Waals surface area contributed by atoms with Gasteiger partial charge in [-0.25, -0.2) is 13.1 Å². The van der Waals surface area contributed by atoms with Crippen molar-refractivity contribution in [2.75, 3.05) is 0 Å². The van der Waals surface area contributed by atoms with E-state index in [1.54, 1.807) is 6.92 Å². The van der Waals surface area contributed by atoms with Crippen LogP contribution in [0.4, 0.5) is 0 Å². The molecule has 0 radical (unpaired) electrons. The van der Waals surface area contributed by atoms with Crippen LogP contribution in [-0.2, 0) is 16.6 Å². The van der Waals surface area contributed by atoms with E-state index in [1.807, 2.05) is 38.1 Å². The van der Waals surface area contributed by atoms with Gasteiger partial charge in [0.1, 0.15) is 4.90 Å². The first-order chi connectivity index (χ1) is 12.8. The highest BCUT2D eigenvalue weighted by atomic mass is 32.2. The van der Waals surface area contributed by atoms with Crippen LogP contribution < -0.4 is 4.72 Å². The number of benzene rings is 1. The van der Waals surface area contributed by atoms with Crippen LogP contribution in [-0.4, -0.2) is 23.5 Å². The van der Waals surface area contributed by atoms with E-state index in [0.717, 1.165) is 24.0 Å². The fraction of sp³-hybridized carbons (Fsp3) is 0.368. The molecule has 0 saturated heterocycles. The van der Waals surface area contributed by atoms with Gasteiger partial charge in [-0.15, -0.1) is 0 Å². The highest BCUT2D eigenvalue weighted by Gasteiger charge is 2.32. The first kappa shape index (κ1) is 17.9. The number of aryl methyl sites for hydroxylation is 3. The molecule has 1 fully saturated rings. The maximum absolute atomic E-state index is 13.0. The molecule has 27 heavy (non-hydrogen) atoms. The number of hydrogen-bond acceptors (Lipinski definition) is 5. The third kappa shape index (κ3) is 3.54. The third-order valence-electron chi connectivity index (χ3n) is 4.77. The summed E-state index contributed by atoms with van der Waals surface area (Å²) in [6.07, 6.45) is 2.10. The van der Waals surface area contributed by atoms with Gasteiger partial charge in [0.05, 0.1) is 5.56 Å². The zero-order valence-corrected chi connectivity index (χ0v) is 16.4. The SMILES string of the molecule is Cc1ccc(CNS(=O)(=O)c2c(C)[nH]c(C)c2-c2nc(C3CC3)no2)cc1. The van der Waals surface area contributed by atoms with E-state index in [1.165, 1.54) is 0 Å². The number of hydrogen-bond donors (Lipinski definition) is 2. The molecule has 0 aliphatic heterocycles. The van der Waals surface area contributed by atoms with E-state index < -0.39 is 10.0 Å². The Hall–Kier alpha value is -2.45. The summed E-state index contributed by atoms with van der Waals surface area (Å²) in [4.78, 5) is 7.69. The molecule has 4 rings (SSSR count). The lowest BCUT2D eigenvalue weighted by molar-refractivity contribution is 0.421. The van der Waals surface area contributed by atoms with Crippen LogP contribution in [0.25, 0.3) is 11.5 Å². The molecule has 8 heteroatoms. The Kier molecular flexibility index (Phi) is 4.39. The maximum Gasteiger partial charge on any atom is 0.261 e. The molecular weight excluding hydrogens is 364 g/mol. The fourth-order valence-corrected chi connectivity index (χ4v) is 4.62. The summed E-state index contributed by atoms with van der Waals surface area (Å²) in [5, 5.41) is 4.01. The van der Waals surface area contributed by atoms with E-state index >= 15 is 0 Å². The highest BCUT2D eigenvalue weighted by Crippen LogP contribution is 2.40. The molecule has 2 aromatic heterocycles. The van der Waals surface area contributed by atoms with E-state index in [0.29, 0.717) is 28.7 Å². The summed E-state index contributed by atoms with van der Waals surface area (Å²) < 4.78 is 34.1. The second-order valence-electron chi connectivity index (χ2n) is 7.12. The van der Waals surface area contributed by atoms with Crippen molar-refractivity contribution < 1.29 is 12.9 Å². The molecule has 0 unspecified atom stereocenters. The van der Waals surface area contributed by atoms with E-state index in [2.05, 4.69) is 19.8 Å². The van der Waals surface area contributed by atoms with Gasteiger partial charge in [-0.2, -0.15) is 4.98 Å². The standard InChI is InChI=1S/C19H22N4O3S/c1-11-4-6-14(7-5-11)10-20-27(24,25)17-13(3)21-12(2)16(17)19-22-18(23-26-19)15-8-9-15/h4-7,15,20-21H,8-10H2,1-3H3. The Bertz CT molecular complexity index is 1080. The van der Waals surface area contributed by atoms with Crippen molar-refractivity contribution in [2.45, 2.75) is 51.0 Å². The van der Waals surface area contributed by atoms with E-state index in [9.17, 15) is 8.42 Å². The molecule has 1 aliphatic carbocycles. The first-order valence-electron chi connectivity index (χ1n) is 8.93. The number of nitrogens with one attached hydrogen (secondary N) is 2. The van der Waals surface area contributed by atoms with Gasteiger partial charge in [-0.3, -0.25) is 0 Å². The fourth-order valence-electron chi connectivity index (χ4n) is 3.15. The summed E-state index contributed by atoms with van der Waals surface area (Å²) in [6, 6.07) is 7.74. The Morgan fingerprint density at radius 1 is 1.15 bits per heavy atom. The lowest BCUT2D eigenvalue weighted by Gasteiger charge is -2.08. The van der Waals surface area contributed by atoms with Crippen LogP contribution in [0.5, 0.6) is 0 Å². The number of aromatic amines is 1. The number of aromatic nitrogens is 3. The molecule has 0 atom stereocenters. The predicted molar refractivity (Wildman–Crippen MR) is 101 cm³/mol. The lowest BCUT2D eigenvalue weighted by Crippen LogP contribution is -2.24. The Balaban J connectivity index is 1.66. The molecule has 1 aliphatic rings. The van der Waals surface area contributed by atoms with Crippen molar-refractivity contribution in [3.63, 3.8) is 0 Å². The topological polar surface area (TPSA) is 101 Å². The summed E-state index contributed by atoms with van der Waals surface area (Å²) in [7, 11) is -3.76. The van der Waals surface area contributed by atoms with Gasteiger partial charge in [0.25, 0.3) is 5.89 Å². The van der Waals surface area contributed by atoms with Crippen molar-refractivity contribution in [3.05, 3.63) is 52.6 Å². The van der Waals surface area contributed by atoms with Crippen molar-refractivity contribution in [3.8, 4) is 11.5 Å². The van der Waals surface area contributed by atoms with Gasteiger partial charge in [-0.05, 0) is 39.2 Å². The highest BCUT2D eigenvalue weighted by molar-refractivity contribution is 7.89. The van der Waals surface area contributed by atoms with Crippen molar-refractivity contribution in [1.29, 1.82) is 0 Å². The van der Waals surface area contributed by atoms with Crippen LogP contribution in [0, 0.1) is 20.8 Å².